The number of esters is 1. The van der Waals surface area contributed by atoms with Gasteiger partial charge in [-0.15, -0.1) is 0 Å². The lowest BCUT2D eigenvalue weighted by Gasteiger charge is -2.08. The zero-order valence-electron chi connectivity index (χ0n) is 13.4. The first kappa shape index (κ1) is 16.4. The summed E-state index contributed by atoms with van der Waals surface area (Å²) in [6.07, 6.45) is 0. The average molecular weight is 337 g/mol. The maximum absolute atomic E-state index is 12.5. The minimum Gasteiger partial charge on any atom is -0.503 e. The second kappa shape index (κ2) is 6.60. The van der Waals surface area contributed by atoms with Crippen LogP contribution in [0.25, 0.3) is 10.9 Å². The molecule has 1 aromatic heterocycles. The van der Waals surface area contributed by atoms with Gasteiger partial charge in [-0.1, -0.05) is 24.3 Å². The van der Waals surface area contributed by atoms with Gasteiger partial charge in [0, 0.05) is 11.5 Å². The van der Waals surface area contributed by atoms with Crippen LogP contribution in [0, 0.1) is 0 Å². The molecular formula is C19H15NO5. The molecule has 0 aliphatic heterocycles. The van der Waals surface area contributed by atoms with E-state index in [1.54, 1.807) is 48.5 Å². The second-order valence-electron chi connectivity index (χ2n) is 5.49. The summed E-state index contributed by atoms with van der Waals surface area (Å²) in [7, 11) is 1.30. The number of fused-ring (bicyclic) bond motifs is 1. The normalized spacial score (nSPS) is 10.6. The van der Waals surface area contributed by atoms with E-state index < -0.39 is 22.7 Å². The van der Waals surface area contributed by atoms with Crippen LogP contribution in [0.15, 0.2) is 64.2 Å². The van der Waals surface area contributed by atoms with Crippen LogP contribution in [0.1, 0.15) is 15.9 Å². The van der Waals surface area contributed by atoms with E-state index in [2.05, 4.69) is 4.74 Å². The molecule has 3 aromatic rings. The van der Waals surface area contributed by atoms with Crippen molar-refractivity contribution < 1.29 is 14.6 Å². The Kier molecular flexibility index (Phi) is 4.35. The molecule has 0 unspecified atom stereocenters. The molecule has 1 N–H and O–H groups in total. The van der Waals surface area contributed by atoms with Crippen molar-refractivity contribution in [3.05, 3.63) is 86.3 Å². The Bertz CT molecular complexity index is 1070. The van der Waals surface area contributed by atoms with Crippen LogP contribution in [0.5, 0.6) is 5.75 Å². The Morgan fingerprint density at radius 1 is 1.08 bits per heavy atom. The highest BCUT2D eigenvalue weighted by molar-refractivity contribution is 5.89. The first-order valence-electron chi connectivity index (χ1n) is 7.54. The molecule has 1 heterocycles. The predicted octanol–water partition coefficient (Wildman–Crippen LogP) is 1.90. The molecule has 0 saturated heterocycles. The van der Waals surface area contributed by atoms with E-state index >= 15 is 0 Å². The molecule has 0 aliphatic rings. The van der Waals surface area contributed by atoms with E-state index in [9.17, 15) is 19.5 Å². The van der Waals surface area contributed by atoms with Crippen molar-refractivity contribution in [1.29, 1.82) is 0 Å². The maximum atomic E-state index is 12.5. The van der Waals surface area contributed by atoms with Crippen LogP contribution in [0.2, 0.25) is 0 Å². The van der Waals surface area contributed by atoms with Gasteiger partial charge in [0.2, 0.25) is 0 Å². The zero-order valence-corrected chi connectivity index (χ0v) is 13.4. The number of carbonyl (C=O) groups is 1. The summed E-state index contributed by atoms with van der Waals surface area (Å²) in [5.74, 6) is -1.05. The Morgan fingerprint density at radius 3 is 2.44 bits per heavy atom. The molecule has 25 heavy (non-hydrogen) atoms. The maximum Gasteiger partial charge on any atom is 0.337 e. The van der Waals surface area contributed by atoms with Crippen molar-refractivity contribution in [2.75, 3.05) is 7.11 Å². The van der Waals surface area contributed by atoms with Gasteiger partial charge in [-0.05, 0) is 29.8 Å². The number of hydrogen-bond donors (Lipinski definition) is 1. The Morgan fingerprint density at radius 2 is 1.76 bits per heavy atom. The number of carbonyl (C=O) groups excluding carboxylic acids is 1. The highest BCUT2D eigenvalue weighted by Gasteiger charge is 2.10. The van der Waals surface area contributed by atoms with Gasteiger partial charge in [0.05, 0.1) is 24.7 Å². The first-order valence-corrected chi connectivity index (χ1v) is 7.54. The zero-order chi connectivity index (χ0) is 18.0. The van der Waals surface area contributed by atoms with Gasteiger partial charge in [-0.25, -0.2) is 4.79 Å². The fourth-order valence-corrected chi connectivity index (χ4v) is 2.63. The van der Waals surface area contributed by atoms with E-state index in [1.165, 1.54) is 11.7 Å². The molecule has 0 radical (unpaired) electrons. The molecule has 0 fully saturated rings. The van der Waals surface area contributed by atoms with Crippen molar-refractivity contribution in [2.24, 2.45) is 0 Å². The van der Waals surface area contributed by atoms with Gasteiger partial charge in [0.1, 0.15) is 0 Å². The van der Waals surface area contributed by atoms with Crippen LogP contribution < -0.4 is 11.0 Å². The monoisotopic (exact) mass is 337 g/mol. The van der Waals surface area contributed by atoms with Crippen molar-refractivity contribution >= 4 is 16.9 Å². The quantitative estimate of drug-likeness (QED) is 0.738. The molecule has 0 saturated carbocycles. The highest BCUT2D eigenvalue weighted by Crippen LogP contribution is 2.13. The predicted molar refractivity (Wildman–Crippen MR) is 93.0 cm³/mol. The molecule has 6 heteroatoms. The number of methoxy groups -OCH3 is 1. The van der Waals surface area contributed by atoms with Crippen molar-refractivity contribution in [2.45, 2.75) is 6.54 Å². The number of aromatic hydroxyl groups is 1. The van der Waals surface area contributed by atoms with Gasteiger partial charge in [-0.2, -0.15) is 0 Å². The highest BCUT2D eigenvalue weighted by atomic mass is 16.5. The smallest absolute Gasteiger partial charge is 0.337 e. The first-order chi connectivity index (χ1) is 12.0. The van der Waals surface area contributed by atoms with Crippen LogP contribution in [-0.2, 0) is 11.3 Å². The van der Waals surface area contributed by atoms with Crippen molar-refractivity contribution in [3.63, 3.8) is 0 Å². The fraction of sp³-hybridized carbons (Fsp3) is 0.105. The van der Waals surface area contributed by atoms with Gasteiger partial charge in [0.15, 0.2) is 11.2 Å². The van der Waals surface area contributed by atoms with Gasteiger partial charge in [-0.3, -0.25) is 9.59 Å². The molecule has 0 aliphatic carbocycles. The third kappa shape index (κ3) is 3.14. The summed E-state index contributed by atoms with van der Waals surface area (Å²) < 4.78 is 5.98. The number of rotatable bonds is 3. The molecule has 0 spiro atoms. The summed E-state index contributed by atoms with van der Waals surface area (Å²) in [6, 6.07) is 14.2. The average Bonchev–Trinajstić information content (AvgIpc) is 2.72. The number of ether oxygens (including phenoxy) is 1. The van der Waals surface area contributed by atoms with E-state index in [0.717, 1.165) is 11.6 Å². The molecule has 0 atom stereocenters. The van der Waals surface area contributed by atoms with E-state index in [-0.39, 0.29) is 6.54 Å². The molecular weight excluding hydrogens is 322 g/mol. The Labute approximate surface area is 142 Å². The Hall–Kier alpha value is -3.41. The van der Waals surface area contributed by atoms with Crippen LogP contribution in [0.4, 0.5) is 0 Å². The minimum atomic E-state index is -0.657. The number of aromatic nitrogens is 1. The van der Waals surface area contributed by atoms with E-state index in [1.807, 2.05) is 0 Å². The fourth-order valence-electron chi connectivity index (χ4n) is 2.63. The SMILES string of the molecule is COC(=O)c1ccc(Cn2c(=O)c(O)cc(=O)c3ccccc32)cc1. The molecule has 0 bridgehead atoms. The third-order valence-electron chi connectivity index (χ3n) is 3.91. The molecule has 6 nitrogen and oxygen atoms in total. The van der Waals surface area contributed by atoms with Crippen LogP contribution in [0.3, 0.4) is 0 Å². The summed E-state index contributed by atoms with van der Waals surface area (Å²) in [6.45, 7) is 0.141. The van der Waals surface area contributed by atoms with Crippen LogP contribution in [-0.4, -0.2) is 22.8 Å². The molecule has 3 rings (SSSR count). The van der Waals surface area contributed by atoms with Gasteiger partial charge in [0.25, 0.3) is 5.56 Å². The molecule has 2 aromatic carbocycles. The second-order valence-corrected chi connectivity index (χ2v) is 5.49. The number of hydrogen-bond acceptors (Lipinski definition) is 5. The summed E-state index contributed by atoms with van der Waals surface area (Å²) in [4.78, 5) is 36.1. The van der Waals surface area contributed by atoms with Gasteiger partial charge < -0.3 is 14.4 Å². The lowest BCUT2D eigenvalue weighted by atomic mass is 10.1. The lowest BCUT2D eigenvalue weighted by molar-refractivity contribution is 0.0600. The summed E-state index contributed by atoms with van der Waals surface area (Å²) in [5.41, 5.74) is 0.472. The van der Waals surface area contributed by atoms with Crippen LogP contribution >= 0.6 is 0 Å². The topological polar surface area (TPSA) is 85.6 Å². The molecule has 126 valence electrons. The largest absolute Gasteiger partial charge is 0.503 e. The summed E-state index contributed by atoms with van der Waals surface area (Å²) in [5, 5.41) is 10.2. The summed E-state index contributed by atoms with van der Waals surface area (Å²) >= 11 is 0. The number of para-hydroxylation sites is 1. The lowest BCUT2D eigenvalue weighted by Crippen LogP contribution is -2.18. The third-order valence-corrected chi connectivity index (χ3v) is 3.91. The molecule has 0 amide bonds. The van der Waals surface area contributed by atoms with Gasteiger partial charge >= 0.3 is 5.97 Å². The Balaban J connectivity index is 2.15. The number of benzene rings is 2. The number of nitrogens with zero attached hydrogens (tertiary/aromatic N) is 1. The van der Waals surface area contributed by atoms with Crippen molar-refractivity contribution in [3.8, 4) is 5.75 Å². The standard InChI is InChI=1S/C19H15NO5/c1-25-19(24)13-8-6-12(7-9-13)11-20-15-5-3-2-4-14(15)16(21)10-17(22)18(20)23/h2-10,22H,11H2,1H3. The van der Waals surface area contributed by atoms with Crippen molar-refractivity contribution in [1.82, 2.24) is 4.57 Å². The minimum absolute atomic E-state index is 0.141. The van der Waals surface area contributed by atoms with E-state index in [0.29, 0.717) is 16.5 Å². The van der Waals surface area contributed by atoms with E-state index in [4.69, 9.17) is 0 Å².